The molecule has 2 aromatic carbocycles. The van der Waals surface area contributed by atoms with Crippen molar-refractivity contribution in [2.24, 2.45) is 0 Å². The van der Waals surface area contributed by atoms with Crippen LogP contribution >= 0.6 is 15.9 Å². The summed E-state index contributed by atoms with van der Waals surface area (Å²) >= 11 is 3.39. The first-order valence-corrected chi connectivity index (χ1v) is 8.23. The smallest absolute Gasteiger partial charge is 0.255 e. The fourth-order valence-corrected chi connectivity index (χ4v) is 2.46. The molecule has 1 N–H and O–H groups in total. The van der Waals surface area contributed by atoms with Crippen molar-refractivity contribution in [2.45, 2.75) is 6.42 Å². The molecule has 0 aliphatic carbocycles. The molecule has 0 unspecified atom stereocenters. The third kappa shape index (κ3) is 5.69. The number of carbonyl (C=O) groups is 1. The quantitative estimate of drug-likeness (QED) is 0.716. The molecule has 0 saturated carbocycles. The lowest BCUT2D eigenvalue weighted by Crippen LogP contribution is -2.26. The molecule has 2 aromatic rings. The molecule has 2 rings (SSSR count). The molecule has 0 aromatic heterocycles. The maximum Gasteiger partial charge on any atom is 0.255 e. The summed E-state index contributed by atoms with van der Waals surface area (Å²) in [7, 11) is 1.61. The van der Waals surface area contributed by atoms with Crippen molar-refractivity contribution >= 4 is 21.8 Å². The molecule has 5 heteroatoms. The number of hydrogen-bond donors (Lipinski definition) is 1. The van der Waals surface area contributed by atoms with Crippen LogP contribution in [-0.4, -0.2) is 32.8 Å². The highest BCUT2D eigenvalue weighted by molar-refractivity contribution is 9.10. The van der Waals surface area contributed by atoms with Crippen molar-refractivity contribution in [3.8, 4) is 5.75 Å². The fourth-order valence-electron chi connectivity index (χ4n) is 2.10. The zero-order valence-electron chi connectivity index (χ0n) is 13.0. The van der Waals surface area contributed by atoms with E-state index in [0.29, 0.717) is 31.1 Å². The van der Waals surface area contributed by atoms with Gasteiger partial charge < -0.3 is 14.8 Å². The standard InChI is InChI=1S/C18H20BrNO3/c1-22-11-12-23-17-8-7-15(19)13-16(17)18(21)20-10-9-14-5-3-2-4-6-14/h2-8,13H,9-12H2,1H3,(H,20,21). The minimum absolute atomic E-state index is 0.144. The van der Waals surface area contributed by atoms with E-state index in [9.17, 15) is 4.79 Å². The van der Waals surface area contributed by atoms with Crippen LogP contribution in [0, 0.1) is 0 Å². The molecule has 0 aliphatic heterocycles. The summed E-state index contributed by atoms with van der Waals surface area (Å²) in [4.78, 5) is 12.4. The summed E-state index contributed by atoms with van der Waals surface area (Å²) < 4.78 is 11.4. The Balaban J connectivity index is 1.95. The van der Waals surface area contributed by atoms with Crippen molar-refractivity contribution in [3.05, 3.63) is 64.1 Å². The lowest BCUT2D eigenvalue weighted by atomic mass is 10.1. The molecule has 0 atom stereocenters. The van der Waals surface area contributed by atoms with E-state index >= 15 is 0 Å². The van der Waals surface area contributed by atoms with E-state index in [1.54, 1.807) is 19.2 Å². The summed E-state index contributed by atoms with van der Waals surface area (Å²) in [5.41, 5.74) is 1.71. The number of benzene rings is 2. The number of halogens is 1. The van der Waals surface area contributed by atoms with E-state index in [0.717, 1.165) is 10.9 Å². The largest absolute Gasteiger partial charge is 0.490 e. The van der Waals surface area contributed by atoms with E-state index in [1.807, 2.05) is 36.4 Å². The van der Waals surface area contributed by atoms with Gasteiger partial charge in [-0.25, -0.2) is 0 Å². The maximum atomic E-state index is 12.4. The lowest BCUT2D eigenvalue weighted by molar-refractivity contribution is 0.0946. The predicted molar refractivity (Wildman–Crippen MR) is 94.0 cm³/mol. The van der Waals surface area contributed by atoms with Crippen LogP contribution in [0.25, 0.3) is 0 Å². The van der Waals surface area contributed by atoms with Crippen LogP contribution in [0.3, 0.4) is 0 Å². The molecule has 0 fully saturated rings. The average molecular weight is 378 g/mol. The van der Waals surface area contributed by atoms with Crippen LogP contribution in [0.1, 0.15) is 15.9 Å². The van der Waals surface area contributed by atoms with Gasteiger partial charge in [0.05, 0.1) is 12.2 Å². The Kier molecular flexibility index (Phi) is 7.10. The van der Waals surface area contributed by atoms with E-state index in [1.165, 1.54) is 5.56 Å². The van der Waals surface area contributed by atoms with E-state index in [-0.39, 0.29) is 5.91 Å². The highest BCUT2D eigenvalue weighted by atomic mass is 79.9. The van der Waals surface area contributed by atoms with E-state index < -0.39 is 0 Å². The Morgan fingerprint density at radius 1 is 1.13 bits per heavy atom. The van der Waals surface area contributed by atoms with Gasteiger partial charge in [0, 0.05) is 18.1 Å². The molecule has 122 valence electrons. The topological polar surface area (TPSA) is 47.6 Å². The lowest BCUT2D eigenvalue weighted by Gasteiger charge is -2.12. The number of hydrogen-bond acceptors (Lipinski definition) is 3. The normalized spacial score (nSPS) is 10.3. The Hall–Kier alpha value is -1.85. The molecular formula is C18H20BrNO3. The first-order chi connectivity index (χ1) is 11.2. The first-order valence-electron chi connectivity index (χ1n) is 7.44. The Morgan fingerprint density at radius 2 is 1.91 bits per heavy atom. The minimum atomic E-state index is -0.144. The molecule has 1 amide bonds. The van der Waals surface area contributed by atoms with Crippen LogP contribution in [0.15, 0.2) is 53.0 Å². The molecule has 0 saturated heterocycles. The van der Waals surface area contributed by atoms with Crippen molar-refractivity contribution in [3.63, 3.8) is 0 Å². The van der Waals surface area contributed by atoms with Gasteiger partial charge >= 0.3 is 0 Å². The average Bonchev–Trinajstić information content (AvgIpc) is 2.57. The number of rotatable bonds is 8. The number of amides is 1. The SMILES string of the molecule is COCCOc1ccc(Br)cc1C(=O)NCCc1ccccc1. The number of ether oxygens (including phenoxy) is 2. The van der Waals surface area contributed by atoms with Crippen molar-refractivity contribution in [1.82, 2.24) is 5.32 Å². The van der Waals surface area contributed by atoms with Crippen LogP contribution in [0.2, 0.25) is 0 Å². The summed E-state index contributed by atoms with van der Waals surface area (Å²) in [6.45, 7) is 1.46. The van der Waals surface area contributed by atoms with Crippen LogP contribution in [-0.2, 0) is 11.2 Å². The summed E-state index contributed by atoms with van der Waals surface area (Å²) in [6, 6.07) is 15.5. The highest BCUT2D eigenvalue weighted by Crippen LogP contribution is 2.23. The van der Waals surface area contributed by atoms with Crippen molar-refractivity contribution in [1.29, 1.82) is 0 Å². The second-order valence-electron chi connectivity index (χ2n) is 4.97. The Morgan fingerprint density at radius 3 is 2.65 bits per heavy atom. The van der Waals surface area contributed by atoms with Gasteiger partial charge in [-0.1, -0.05) is 46.3 Å². The molecule has 0 heterocycles. The minimum Gasteiger partial charge on any atom is -0.490 e. The number of carbonyl (C=O) groups excluding carboxylic acids is 1. The van der Waals surface area contributed by atoms with Gasteiger partial charge in [0.1, 0.15) is 12.4 Å². The molecular weight excluding hydrogens is 358 g/mol. The zero-order chi connectivity index (χ0) is 16.5. The van der Waals surface area contributed by atoms with Crippen molar-refractivity contribution < 1.29 is 14.3 Å². The van der Waals surface area contributed by atoms with Gasteiger partial charge in [0.25, 0.3) is 5.91 Å². The molecule has 0 aliphatic rings. The summed E-state index contributed by atoms with van der Waals surface area (Å²) in [5, 5.41) is 2.93. The number of nitrogens with one attached hydrogen (secondary N) is 1. The number of methoxy groups -OCH3 is 1. The van der Waals surface area contributed by atoms with Gasteiger partial charge in [-0.15, -0.1) is 0 Å². The molecule has 4 nitrogen and oxygen atoms in total. The molecule has 0 radical (unpaired) electrons. The zero-order valence-corrected chi connectivity index (χ0v) is 14.6. The second-order valence-corrected chi connectivity index (χ2v) is 5.89. The van der Waals surface area contributed by atoms with Gasteiger partial charge in [-0.2, -0.15) is 0 Å². The monoisotopic (exact) mass is 377 g/mol. The van der Waals surface area contributed by atoms with Crippen molar-refractivity contribution in [2.75, 3.05) is 26.9 Å². The van der Waals surface area contributed by atoms with Crippen LogP contribution in [0.4, 0.5) is 0 Å². The van der Waals surface area contributed by atoms with Gasteiger partial charge in [0.15, 0.2) is 0 Å². The summed E-state index contributed by atoms with van der Waals surface area (Å²) in [6.07, 6.45) is 0.792. The third-order valence-electron chi connectivity index (χ3n) is 3.27. The summed E-state index contributed by atoms with van der Waals surface area (Å²) in [5.74, 6) is 0.414. The predicted octanol–water partition coefficient (Wildman–Crippen LogP) is 3.45. The Labute approximate surface area is 144 Å². The Bertz CT molecular complexity index is 631. The van der Waals surface area contributed by atoms with Gasteiger partial charge in [0.2, 0.25) is 0 Å². The van der Waals surface area contributed by atoms with E-state index in [2.05, 4.69) is 21.2 Å². The maximum absolute atomic E-state index is 12.4. The first kappa shape index (κ1) is 17.5. The fraction of sp³-hybridized carbons (Fsp3) is 0.278. The molecule has 0 spiro atoms. The second kappa shape index (κ2) is 9.33. The van der Waals surface area contributed by atoms with E-state index in [4.69, 9.17) is 9.47 Å². The van der Waals surface area contributed by atoms with Gasteiger partial charge in [-0.3, -0.25) is 4.79 Å². The molecule has 0 bridgehead atoms. The third-order valence-corrected chi connectivity index (χ3v) is 3.77. The molecule has 23 heavy (non-hydrogen) atoms. The van der Waals surface area contributed by atoms with Gasteiger partial charge in [-0.05, 0) is 30.2 Å². The highest BCUT2D eigenvalue weighted by Gasteiger charge is 2.13. The van der Waals surface area contributed by atoms with Crippen LogP contribution in [0.5, 0.6) is 5.75 Å². The van der Waals surface area contributed by atoms with Crippen LogP contribution < -0.4 is 10.1 Å².